The second-order valence-corrected chi connectivity index (χ2v) is 11.4. The summed E-state index contributed by atoms with van der Waals surface area (Å²) in [4.78, 5) is 10.6. The predicted molar refractivity (Wildman–Crippen MR) is 106 cm³/mol. The maximum atomic E-state index is 10.6. The van der Waals surface area contributed by atoms with Gasteiger partial charge in [0.05, 0.1) is 39.6 Å². The third-order valence-corrected chi connectivity index (χ3v) is 4.02. The molecule has 0 atom stereocenters. The van der Waals surface area contributed by atoms with Crippen LogP contribution in [0.3, 0.4) is 0 Å². The fourth-order valence-electron chi connectivity index (χ4n) is 1.85. The maximum Gasteiger partial charge on any atom is 0.150 e. The SMILES string of the molecule is C[Si](C)(C)C#CCCOCCOCCOCCOc1ccc(C=O)cc1. The lowest BCUT2D eigenvalue weighted by Gasteiger charge is -2.08. The predicted octanol–water partition coefficient (Wildman–Crippen LogP) is 3.20. The number of carbonyl (C=O) groups excluding carboxylic acids is 1. The van der Waals surface area contributed by atoms with E-state index in [0.29, 0.717) is 51.8 Å². The number of hydrogen-bond acceptors (Lipinski definition) is 5. The standard InChI is InChI=1S/C20H30O5Si/c1-26(2,3)17-5-4-10-22-11-12-23-13-14-24-15-16-25-20-8-6-19(18-21)7-9-20/h6-9,18H,4,10-16H2,1-3H3. The van der Waals surface area contributed by atoms with Crippen LogP contribution in [0.5, 0.6) is 5.75 Å². The summed E-state index contributed by atoms with van der Waals surface area (Å²) in [6.45, 7) is 10.5. The Labute approximate surface area is 158 Å². The van der Waals surface area contributed by atoms with Crippen LogP contribution in [0.25, 0.3) is 0 Å². The number of aldehydes is 1. The lowest BCUT2D eigenvalue weighted by Crippen LogP contribution is -2.16. The largest absolute Gasteiger partial charge is 0.491 e. The van der Waals surface area contributed by atoms with Gasteiger partial charge in [-0.15, -0.1) is 11.5 Å². The van der Waals surface area contributed by atoms with Crippen molar-refractivity contribution >= 4 is 14.4 Å². The third kappa shape index (κ3) is 12.7. The van der Waals surface area contributed by atoms with Crippen molar-refractivity contribution in [3.63, 3.8) is 0 Å². The van der Waals surface area contributed by atoms with Crippen LogP contribution in [0.2, 0.25) is 19.6 Å². The van der Waals surface area contributed by atoms with Crippen LogP contribution in [0.1, 0.15) is 16.8 Å². The summed E-state index contributed by atoms with van der Waals surface area (Å²) in [5.74, 6) is 3.90. The van der Waals surface area contributed by atoms with Crippen molar-refractivity contribution < 1.29 is 23.7 Å². The van der Waals surface area contributed by atoms with Gasteiger partial charge in [0, 0.05) is 12.0 Å². The highest BCUT2D eigenvalue weighted by Crippen LogP contribution is 2.10. The molecule has 5 nitrogen and oxygen atoms in total. The van der Waals surface area contributed by atoms with Crippen molar-refractivity contribution in [1.82, 2.24) is 0 Å². The molecule has 0 saturated carbocycles. The van der Waals surface area contributed by atoms with Crippen LogP contribution >= 0.6 is 0 Å². The Kier molecular flexibility index (Phi) is 11.7. The van der Waals surface area contributed by atoms with Crippen LogP contribution in [-0.2, 0) is 14.2 Å². The summed E-state index contributed by atoms with van der Waals surface area (Å²) >= 11 is 0. The molecule has 0 radical (unpaired) electrons. The van der Waals surface area contributed by atoms with Gasteiger partial charge in [0.2, 0.25) is 0 Å². The van der Waals surface area contributed by atoms with Crippen molar-refractivity contribution in [2.75, 3.05) is 46.2 Å². The van der Waals surface area contributed by atoms with Gasteiger partial charge in [-0.25, -0.2) is 0 Å². The minimum Gasteiger partial charge on any atom is -0.491 e. The highest BCUT2D eigenvalue weighted by molar-refractivity contribution is 6.83. The normalized spacial score (nSPS) is 10.9. The average Bonchev–Trinajstić information content (AvgIpc) is 2.61. The van der Waals surface area contributed by atoms with Gasteiger partial charge in [-0.2, -0.15) is 0 Å². The first kappa shape index (κ1) is 22.4. The minimum absolute atomic E-state index is 0.460. The van der Waals surface area contributed by atoms with Crippen molar-refractivity contribution in [1.29, 1.82) is 0 Å². The zero-order valence-electron chi connectivity index (χ0n) is 16.1. The van der Waals surface area contributed by atoms with Gasteiger partial charge in [-0.1, -0.05) is 19.6 Å². The molecule has 0 unspecified atom stereocenters. The van der Waals surface area contributed by atoms with Crippen LogP contribution in [0.4, 0.5) is 0 Å². The van der Waals surface area contributed by atoms with E-state index in [1.54, 1.807) is 24.3 Å². The minimum atomic E-state index is -1.26. The lowest BCUT2D eigenvalue weighted by atomic mass is 10.2. The van der Waals surface area contributed by atoms with E-state index in [-0.39, 0.29) is 0 Å². The highest BCUT2D eigenvalue weighted by Gasteiger charge is 2.06. The van der Waals surface area contributed by atoms with E-state index >= 15 is 0 Å². The summed E-state index contributed by atoms with van der Waals surface area (Å²) in [6.07, 6.45) is 1.59. The summed E-state index contributed by atoms with van der Waals surface area (Å²) < 4.78 is 21.8. The van der Waals surface area contributed by atoms with Crippen LogP contribution in [0, 0.1) is 11.5 Å². The average molecular weight is 379 g/mol. The lowest BCUT2D eigenvalue weighted by molar-refractivity contribution is 0.0102. The van der Waals surface area contributed by atoms with E-state index in [4.69, 9.17) is 18.9 Å². The van der Waals surface area contributed by atoms with Crippen molar-refractivity contribution in [2.24, 2.45) is 0 Å². The van der Waals surface area contributed by atoms with Crippen LogP contribution in [-0.4, -0.2) is 60.6 Å². The van der Waals surface area contributed by atoms with E-state index in [2.05, 4.69) is 31.1 Å². The summed E-state index contributed by atoms with van der Waals surface area (Å²) in [6, 6.07) is 6.98. The quantitative estimate of drug-likeness (QED) is 0.228. The molecule has 0 spiro atoms. The fourth-order valence-corrected chi connectivity index (χ4v) is 2.51. The zero-order valence-corrected chi connectivity index (χ0v) is 17.1. The van der Waals surface area contributed by atoms with E-state index in [0.717, 1.165) is 18.5 Å². The maximum absolute atomic E-state index is 10.6. The molecule has 0 aliphatic rings. The number of benzene rings is 1. The Hall–Kier alpha value is -1.65. The molecule has 144 valence electrons. The Morgan fingerprint density at radius 3 is 1.92 bits per heavy atom. The Balaban J connectivity index is 1.86. The van der Waals surface area contributed by atoms with E-state index < -0.39 is 8.07 Å². The zero-order chi connectivity index (χ0) is 19.1. The number of rotatable bonds is 13. The topological polar surface area (TPSA) is 54.0 Å². The Morgan fingerprint density at radius 1 is 0.846 bits per heavy atom. The number of ether oxygens (including phenoxy) is 4. The molecule has 0 aliphatic carbocycles. The molecule has 6 heteroatoms. The Bertz CT molecular complexity index is 554. The first-order chi connectivity index (χ1) is 12.5. The molecule has 0 N–H and O–H groups in total. The molecule has 0 amide bonds. The molecule has 1 aromatic carbocycles. The fraction of sp³-hybridized carbons (Fsp3) is 0.550. The molecule has 26 heavy (non-hydrogen) atoms. The van der Waals surface area contributed by atoms with E-state index in [1.165, 1.54) is 0 Å². The van der Waals surface area contributed by atoms with Gasteiger partial charge < -0.3 is 18.9 Å². The van der Waals surface area contributed by atoms with Crippen molar-refractivity contribution in [2.45, 2.75) is 26.1 Å². The molecular weight excluding hydrogens is 348 g/mol. The second-order valence-electron chi connectivity index (χ2n) is 6.67. The molecular formula is C20H30O5Si. The molecule has 0 aromatic heterocycles. The van der Waals surface area contributed by atoms with Crippen LogP contribution in [0.15, 0.2) is 24.3 Å². The Morgan fingerprint density at radius 2 is 1.38 bits per heavy atom. The summed E-state index contributed by atoms with van der Waals surface area (Å²) in [5.41, 5.74) is 3.94. The van der Waals surface area contributed by atoms with E-state index in [9.17, 15) is 4.79 Å². The van der Waals surface area contributed by atoms with Gasteiger partial charge in [0.25, 0.3) is 0 Å². The summed E-state index contributed by atoms with van der Waals surface area (Å²) in [5, 5.41) is 0. The van der Waals surface area contributed by atoms with Gasteiger partial charge in [0.15, 0.2) is 0 Å². The molecule has 0 fully saturated rings. The second kappa shape index (κ2) is 13.5. The molecule has 0 heterocycles. The number of hydrogen-bond donors (Lipinski definition) is 0. The molecule has 0 aliphatic heterocycles. The third-order valence-electron chi connectivity index (χ3n) is 3.09. The molecule has 0 bridgehead atoms. The van der Waals surface area contributed by atoms with Crippen molar-refractivity contribution in [3.05, 3.63) is 29.8 Å². The number of carbonyl (C=O) groups is 1. The van der Waals surface area contributed by atoms with Gasteiger partial charge in [-0.05, 0) is 24.3 Å². The highest BCUT2D eigenvalue weighted by atomic mass is 28.3. The summed E-state index contributed by atoms with van der Waals surface area (Å²) in [7, 11) is -1.26. The van der Waals surface area contributed by atoms with Gasteiger partial charge in [0.1, 0.15) is 26.7 Å². The first-order valence-corrected chi connectivity index (χ1v) is 12.4. The smallest absolute Gasteiger partial charge is 0.150 e. The molecule has 1 rings (SSSR count). The monoisotopic (exact) mass is 378 g/mol. The van der Waals surface area contributed by atoms with Crippen LogP contribution < -0.4 is 4.74 Å². The van der Waals surface area contributed by atoms with Gasteiger partial charge >= 0.3 is 0 Å². The molecule has 0 saturated heterocycles. The van der Waals surface area contributed by atoms with Gasteiger partial charge in [-0.3, -0.25) is 4.79 Å². The van der Waals surface area contributed by atoms with E-state index in [1.807, 2.05) is 0 Å². The molecule has 1 aromatic rings. The van der Waals surface area contributed by atoms with Crippen molar-refractivity contribution in [3.8, 4) is 17.2 Å². The first-order valence-electron chi connectivity index (χ1n) is 8.92.